The Morgan fingerprint density at radius 3 is 2.94 bits per heavy atom. The molecule has 0 bridgehead atoms. The van der Waals surface area contributed by atoms with E-state index in [1.807, 2.05) is 0 Å². The first-order chi connectivity index (χ1) is 8.16. The molecule has 2 heterocycles. The van der Waals surface area contributed by atoms with Gasteiger partial charge in [0.15, 0.2) is 5.15 Å². The monoisotopic (exact) mass is 266 g/mol. The number of nitrogens with zero attached hydrogens (tertiary/aromatic N) is 4. The van der Waals surface area contributed by atoms with Gasteiger partial charge >= 0.3 is 0 Å². The summed E-state index contributed by atoms with van der Waals surface area (Å²) >= 11 is 7.21. The number of aromatic nitrogens is 3. The molecule has 0 aliphatic rings. The number of nitro groups is 1. The van der Waals surface area contributed by atoms with Crippen molar-refractivity contribution in [2.45, 2.75) is 0 Å². The summed E-state index contributed by atoms with van der Waals surface area (Å²) in [7, 11) is 0. The molecule has 6 nitrogen and oxygen atoms in total. The number of hydrogen-bond acceptors (Lipinski definition) is 6. The summed E-state index contributed by atoms with van der Waals surface area (Å²) < 4.78 is 1.44. The Kier molecular flexibility index (Phi) is 2.17. The van der Waals surface area contributed by atoms with Crippen molar-refractivity contribution in [2.24, 2.45) is 0 Å². The minimum Gasteiger partial charge on any atom is -0.258 e. The Morgan fingerprint density at radius 2 is 2.18 bits per heavy atom. The average molecular weight is 267 g/mol. The Labute approximate surface area is 103 Å². The lowest BCUT2D eigenvalue weighted by Crippen LogP contribution is -1.87. The van der Waals surface area contributed by atoms with Crippen LogP contribution in [0.4, 0.5) is 5.69 Å². The fraction of sp³-hybridized carbons (Fsp3) is 0. The second kappa shape index (κ2) is 3.57. The molecule has 84 valence electrons. The number of rotatable bonds is 1. The molecule has 2 aromatic heterocycles. The fourth-order valence-electron chi connectivity index (χ4n) is 1.58. The van der Waals surface area contributed by atoms with Gasteiger partial charge in [0.25, 0.3) is 5.69 Å². The van der Waals surface area contributed by atoms with Crippen molar-refractivity contribution in [3.8, 4) is 0 Å². The second-order valence-corrected chi connectivity index (χ2v) is 4.71. The molecule has 0 saturated heterocycles. The summed E-state index contributed by atoms with van der Waals surface area (Å²) in [4.78, 5) is 10.2. The van der Waals surface area contributed by atoms with Gasteiger partial charge < -0.3 is 0 Å². The van der Waals surface area contributed by atoms with Crippen LogP contribution in [0.1, 0.15) is 0 Å². The molecule has 0 radical (unpaired) electrons. The van der Waals surface area contributed by atoms with Gasteiger partial charge in [0.2, 0.25) is 0 Å². The number of nitro benzene ring substituents is 1. The van der Waals surface area contributed by atoms with Gasteiger partial charge in [-0.2, -0.15) is 0 Å². The van der Waals surface area contributed by atoms with Gasteiger partial charge in [-0.15, -0.1) is 21.5 Å². The van der Waals surface area contributed by atoms with Gasteiger partial charge in [-0.05, 0) is 11.3 Å². The molecule has 1 aromatic carbocycles. The zero-order valence-corrected chi connectivity index (χ0v) is 9.70. The number of thiophene rings is 1. The highest BCUT2D eigenvalue weighted by molar-refractivity contribution is 7.26. The molecular weight excluding hydrogens is 264 g/mol. The number of hydrogen-bond donors (Lipinski definition) is 0. The van der Waals surface area contributed by atoms with Crippen LogP contribution in [0.2, 0.25) is 5.15 Å². The number of non-ortho nitro benzene ring substituents is 1. The van der Waals surface area contributed by atoms with E-state index < -0.39 is 4.92 Å². The standard InChI is InChI=1S/C9H3ClN4O2S/c10-9-8-7(11-13-12-9)5-2-1-4(14(15)16)3-6(5)17-8/h1-3H. The van der Waals surface area contributed by atoms with Gasteiger partial charge in [-0.3, -0.25) is 10.1 Å². The minimum atomic E-state index is -0.435. The SMILES string of the molecule is O=[N+]([O-])c1ccc2c(c1)sc1c(Cl)nnnc12. The highest BCUT2D eigenvalue weighted by Crippen LogP contribution is 2.36. The zero-order chi connectivity index (χ0) is 12.0. The van der Waals surface area contributed by atoms with Crippen LogP contribution in [0.3, 0.4) is 0 Å². The maximum absolute atomic E-state index is 10.7. The van der Waals surface area contributed by atoms with E-state index in [9.17, 15) is 10.1 Å². The first-order valence-electron chi connectivity index (χ1n) is 4.52. The lowest BCUT2D eigenvalue weighted by atomic mass is 10.2. The van der Waals surface area contributed by atoms with E-state index >= 15 is 0 Å². The lowest BCUT2D eigenvalue weighted by molar-refractivity contribution is -0.384. The van der Waals surface area contributed by atoms with Gasteiger partial charge in [0.05, 0.1) is 9.62 Å². The Hall–Kier alpha value is -1.86. The average Bonchev–Trinajstić information content (AvgIpc) is 2.68. The Balaban J connectivity index is 2.43. The van der Waals surface area contributed by atoms with Crippen LogP contribution in [0.25, 0.3) is 20.3 Å². The molecule has 8 heteroatoms. The Bertz CT molecular complexity index is 757. The summed E-state index contributed by atoms with van der Waals surface area (Å²) in [5.41, 5.74) is 0.668. The fourth-order valence-corrected chi connectivity index (χ4v) is 2.86. The summed E-state index contributed by atoms with van der Waals surface area (Å²) in [6, 6.07) is 4.58. The zero-order valence-electron chi connectivity index (χ0n) is 8.12. The van der Waals surface area contributed by atoms with E-state index in [2.05, 4.69) is 15.4 Å². The van der Waals surface area contributed by atoms with E-state index in [-0.39, 0.29) is 10.8 Å². The van der Waals surface area contributed by atoms with Crippen LogP contribution in [0.5, 0.6) is 0 Å². The summed E-state index contributed by atoms with van der Waals surface area (Å²) in [6.45, 7) is 0. The number of halogens is 1. The minimum absolute atomic E-state index is 0.0427. The van der Waals surface area contributed by atoms with Crippen molar-refractivity contribution >= 4 is 48.9 Å². The van der Waals surface area contributed by atoms with E-state index in [0.29, 0.717) is 10.2 Å². The van der Waals surface area contributed by atoms with E-state index in [4.69, 9.17) is 11.6 Å². The quantitative estimate of drug-likeness (QED) is 0.500. The maximum atomic E-state index is 10.7. The maximum Gasteiger partial charge on any atom is 0.270 e. The molecule has 0 spiro atoms. The predicted molar refractivity (Wildman–Crippen MR) is 64.4 cm³/mol. The molecule has 0 saturated carbocycles. The third-order valence-corrected chi connectivity index (χ3v) is 3.85. The smallest absolute Gasteiger partial charge is 0.258 e. The summed E-state index contributed by atoms with van der Waals surface area (Å²) in [5, 5.41) is 22.8. The van der Waals surface area contributed by atoms with Crippen LogP contribution in [-0.2, 0) is 0 Å². The molecule has 3 rings (SSSR count). The van der Waals surface area contributed by atoms with Crippen LogP contribution in [0, 0.1) is 10.1 Å². The molecule has 0 N–H and O–H groups in total. The van der Waals surface area contributed by atoms with Crippen molar-refractivity contribution in [2.75, 3.05) is 0 Å². The molecule has 0 aliphatic heterocycles. The number of fused-ring (bicyclic) bond motifs is 3. The highest BCUT2D eigenvalue weighted by atomic mass is 35.5. The normalized spacial score (nSPS) is 11.1. The molecule has 0 unspecified atom stereocenters. The van der Waals surface area contributed by atoms with Crippen molar-refractivity contribution < 1.29 is 4.92 Å². The molecule has 0 fully saturated rings. The van der Waals surface area contributed by atoms with Gasteiger partial charge in [0.1, 0.15) is 5.52 Å². The third kappa shape index (κ3) is 1.51. The molecule has 17 heavy (non-hydrogen) atoms. The molecule has 0 aliphatic carbocycles. The predicted octanol–water partition coefficient (Wildman–Crippen LogP) is 2.80. The first kappa shape index (κ1) is 10.3. The third-order valence-electron chi connectivity index (χ3n) is 2.32. The van der Waals surface area contributed by atoms with Crippen LogP contribution >= 0.6 is 22.9 Å². The summed E-state index contributed by atoms with van der Waals surface area (Å²) in [6.07, 6.45) is 0. The van der Waals surface area contributed by atoms with Crippen molar-refractivity contribution in [3.05, 3.63) is 33.5 Å². The summed E-state index contributed by atoms with van der Waals surface area (Å²) in [5.74, 6) is 0. The number of benzene rings is 1. The van der Waals surface area contributed by atoms with Crippen LogP contribution < -0.4 is 0 Å². The van der Waals surface area contributed by atoms with Crippen molar-refractivity contribution in [1.82, 2.24) is 15.4 Å². The highest BCUT2D eigenvalue weighted by Gasteiger charge is 2.14. The topological polar surface area (TPSA) is 81.8 Å². The molecule has 3 aromatic rings. The largest absolute Gasteiger partial charge is 0.270 e. The van der Waals surface area contributed by atoms with Crippen molar-refractivity contribution in [3.63, 3.8) is 0 Å². The lowest BCUT2D eigenvalue weighted by Gasteiger charge is -1.91. The molecule has 0 atom stereocenters. The molecular formula is C9H3ClN4O2S. The van der Waals surface area contributed by atoms with Gasteiger partial charge in [-0.1, -0.05) is 11.6 Å². The van der Waals surface area contributed by atoms with Gasteiger partial charge in [-0.25, -0.2) is 0 Å². The van der Waals surface area contributed by atoms with Crippen LogP contribution in [-0.4, -0.2) is 20.3 Å². The van der Waals surface area contributed by atoms with Gasteiger partial charge in [0, 0.05) is 22.2 Å². The Morgan fingerprint density at radius 1 is 1.35 bits per heavy atom. The van der Waals surface area contributed by atoms with E-state index in [1.165, 1.54) is 23.5 Å². The molecule has 0 amide bonds. The van der Waals surface area contributed by atoms with Crippen LogP contribution in [0.15, 0.2) is 18.2 Å². The second-order valence-electron chi connectivity index (χ2n) is 3.30. The van der Waals surface area contributed by atoms with E-state index in [0.717, 1.165) is 10.1 Å². The van der Waals surface area contributed by atoms with E-state index in [1.54, 1.807) is 6.07 Å². The van der Waals surface area contributed by atoms with Crippen molar-refractivity contribution in [1.29, 1.82) is 0 Å². The first-order valence-corrected chi connectivity index (χ1v) is 5.72.